The van der Waals surface area contributed by atoms with Crippen molar-refractivity contribution in [2.24, 2.45) is 0 Å². The van der Waals surface area contributed by atoms with E-state index in [4.69, 9.17) is 4.74 Å². The van der Waals surface area contributed by atoms with Gasteiger partial charge in [0.05, 0.1) is 18.1 Å². The van der Waals surface area contributed by atoms with Gasteiger partial charge in [-0.3, -0.25) is 4.90 Å². The molecule has 0 atom stereocenters. The van der Waals surface area contributed by atoms with E-state index in [1.54, 1.807) is 12.1 Å². The maximum atomic E-state index is 12.3. The number of morpholine rings is 1. The highest BCUT2D eigenvalue weighted by molar-refractivity contribution is 7.89. The normalized spacial score (nSPS) is 16.2. The summed E-state index contributed by atoms with van der Waals surface area (Å²) < 4.78 is 32.7. The van der Waals surface area contributed by atoms with Crippen molar-refractivity contribution in [3.05, 3.63) is 29.8 Å². The van der Waals surface area contributed by atoms with Gasteiger partial charge in [-0.1, -0.05) is 38.3 Å². The summed E-state index contributed by atoms with van der Waals surface area (Å²) in [5.74, 6) is 0. The minimum atomic E-state index is -3.40. The molecular weight excluding hydrogens is 336 g/mol. The van der Waals surface area contributed by atoms with Crippen molar-refractivity contribution in [2.75, 3.05) is 39.4 Å². The van der Waals surface area contributed by atoms with Gasteiger partial charge in [0.2, 0.25) is 10.0 Å². The van der Waals surface area contributed by atoms with Crippen molar-refractivity contribution >= 4 is 10.0 Å². The molecule has 1 N–H and O–H groups in total. The van der Waals surface area contributed by atoms with Crippen molar-refractivity contribution in [3.63, 3.8) is 0 Å². The molecule has 142 valence electrons. The molecule has 5 nitrogen and oxygen atoms in total. The SMILES string of the molecule is CCCCCCc1ccc(S(=O)(=O)NCCCN2CCOCC2)cc1. The molecule has 0 aromatic heterocycles. The van der Waals surface area contributed by atoms with Gasteiger partial charge in [0.25, 0.3) is 0 Å². The second kappa shape index (κ2) is 10.9. The van der Waals surface area contributed by atoms with Crippen molar-refractivity contribution in [1.82, 2.24) is 9.62 Å². The van der Waals surface area contributed by atoms with Gasteiger partial charge >= 0.3 is 0 Å². The van der Waals surface area contributed by atoms with E-state index in [9.17, 15) is 8.42 Å². The molecule has 1 saturated heterocycles. The Bertz CT molecular complexity index is 581. The summed E-state index contributed by atoms with van der Waals surface area (Å²) >= 11 is 0. The molecule has 0 spiro atoms. The van der Waals surface area contributed by atoms with E-state index in [-0.39, 0.29) is 0 Å². The quantitative estimate of drug-likeness (QED) is 0.610. The fourth-order valence-electron chi connectivity index (χ4n) is 3.01. The molecule has 0 saturated carbocycles. The lowest BCUT2D eigenvalue weighted by atomic mass is 10.1. The van der Waals surface area contributed by atoms with Crippen LogP contribution in [0.2, 0.25) is 0 Å². The largest absolute Gasteiger partial charge is 0.379 e. The fraction of sp³-hybridized carbons (Fsp3) is 0.684. The molecule has 1 aromatic carbocycles. The van der Waals surface area contributed by atoms with Crippen LogP contribution in [0.25, 0.3) is 0 Å². The molecule has 1 fully saturated rings. The highest BCUT2D eigenvalue weighted by atomic mass is 32.2. The average molecular weight is 369 g/mol. The number of hydrogen-bond donors (Lipinski definition) is 1. The molecule has 1 heterocycles. The molecule has 0 amide bonds. The molecular formula is C19H32N2O3S. The van der Waals surface area contributed by atoms with Crippen LogP contribution >= 0.6 is 0 Å². The van der Waals surface area contributed by atoms with Crippen molar-refractivity contribution in [3.8, 4) is 0 Å². The third-order valence-corrected chi connectivity index (χ3v) is 6.08. The van der Waals surface area contributed by atoms with Gasteiger partial charge in [0.1, 0.15) is 0 Å². The lowest BCUT2D eigenvalue weighted by Crippen LogP contribution is -2.38. The molecule has 0 aliphatic carbocycles. The van der Waals surface area contributed by atoms with Crippen LogP contribution in [-0.4, -0.2) is 52.7 Å². The van der Waals surface area contributed by atoms with Crippen LogP contribution < -0.4 is 4.72 Å². The number of benzene rings is 1. The molecule has 1 aliphatic rings. The van der Waals surface area contributed by atoms with Crippen LogP contribution in [0.4, 0.5) is 0 Å². The van der Waals surface area contributed by atoms with E-state index in [1.807, 2.05) is 12.1 Å². The number of nitrogens with zero attached hydrogens (tertiary/aromatic N) is 1. The molecule has 0 unspecified atom stereocenters. The third-order valence-electron chi connectivity index (χ3n) is 4.60. The molecule has 25 heavy (non-hydrogen) atoms. The number of rotatable bonds is 11. The average Bonchev–Trinajstić information content (AvgIpc) is 2.64. The summed E-state index contributed by atoms with van der Waals surface area (Å²) in [7, 11) is -3.40. The Morgan fingerprint density at radius 3 is 2.44 bits per heavy atom. The van der Waals surface area contributed by atoms with E-state index in [0.29, 0.717) is 11.4 Å². The topological polar surface area (TPSA) is 58.6 Å². The van der Waals surface area contributed by atoms with Crippen LogP contribution in [-0.2, 0) is 21.2 Å². The minimum Gasteiger partial charge on any atom is -0.379 e. The summed E-state index contributed by atoms with van der Waals surface area (Å²) in [6.45, 7) is 7.00. The van der Waals surface area contributed by atoms with E-state index in [2.05, 4.69) is 16.5 Å². The first-order chi connectivity index (χ1) is 12.1. The standard InChI is InChI=1S/C19H32N2O3S/c1-2-3-4-5-7-18-8-10-19(11-9-18)25(22,23)20-12-6-13-21-14-16-24-17-15-21/h8-11,20H,2-7,12-17H2,1H3. The number of aryl methyl sites for hydroxylation is 1. The van der Waals surface area contributed by atoms with Gasteiger partial charge in [-0.2, -0.15) is 0 Å². The van der Waals surface area contributed by atoms with E-state index in [0.717, 1.165) is 45.7 Å². The van der Waals surface area contributed by atoms with Gasteiger partial charge in [0, 0.05) is 19.6 Å². The maximum absolute atomic E-state index is 12.3. The van der Waals surface area contributed by atoms with Gasteiger partial charge in [-0.05, 0) is 43.5 Å². The van der Waals surface area contributed by atoms with Crippen molar-refractivity contribution in [2.45, 2.75) is 50.3 Å². The van der Waals surface area contributed by atoms with Crippen LogP contribution in [0.1, 0.15) is 44.6 Å². The molecule has 1 aromatic rings. The molecule has 0 radical (unpaired) electrons. The Morgan fingerprint density at radius 1 is 1.04 bits per heavy atom. The summed E-state index contributed by atoms with van der Waals surface area (Å²) in [6.07, 6.45) is 6.73. The van der Waals surface area contributed by atoms with E-state index >= 15 is 0 Å². The smallest absolute Gasteiger partial charge is 0.240 e. The van der Waals surface area contributed by atoms with Gasteiger partial charge in [0.15, 0.2) is 0 Å². The van der Waals surface area contributed by atoms with Crippen LogP contribution in [0.3, 0.4) is 0 Å². The highest BCUT2D eigenvalue weighted by Crippen LogP contribution is 2.13. The number of hydrogen-bond acceptors (Lipinski definition) is 4. The summed E-state index contributed by atoms with van der Waals surface area (Å²) in [5, 5.41) is 0. The van der Waals surface area contributed by atoms with Crippen molar-refractivity contribution < 1.29 is 13.2 Å². The second-order valence-electron chi connectivity index (χ2n) is 6.66. The molecule has 2 rings (SSSR count). The minimum absolute atomic E-state index is 0.358. The fourth-order valence-corrected chi connectivity index (χ4v) is 4.08. The predicted molar refractivity (Wildman–Crippen MR) is 101 cm³/mol. The lowest BCUT2D eigenvalue weighted by molar-refractivity contribution is 0.0376. The maximum Gasteiger partial charge on any atom is 0.240 e. The summed E-state index contributed by atoms with van der Waals surface area (Å²) in [4.78, 5) is 2.67. The first-order valence-corrected chi connectivity index (χ1v) is 11.0. The third kappa shape index (κ3) is 7.44. The first kappa shape index (κ1) is 20.4. The zero-order valence-electron chi connectivity index (χ0n) is 15.4. The highest BCUT2D eigenvalue weighted by Gasteiger charge is 2.14. The zero-order chi connectivity index (χ0) is 18.0. The van der Waals surface area contributed by atoms with E-state index < -0.39 is 10.0 Å². The summed E-state index contributed by atoms with van der Waals surface area (Å²) in [6, 6.07) is 7.32. The Hall–Kier alpha value is -0.950. The number of sulfonamides is 1. The predicted octanol–water partition coefficient (Wildman–Crippen LogP) is 2.81. The molecule has 6 heteroatoms. The Balaban J connectivity index is 1.72. The number of unbranched alkanes of at least 4 members (excludes halogenated alkanes) is 3. The van der Waals surface area contributed by atoms with E-state index in [1.165, 1.54) is 31.2 Å². The van der Waals surface area contributed by atoms with Crippen molar-refractivity contribution in [1.29, 1.82) is 0 Å². The number of ether oxygens (including phenoxy) is 1. The Morgan fingerprint density at radius 2 is 1.76 bits per heavy atom. The van der Waals surface area contributed by atoms with Crippen LogP contribution in [0, 0.1) is 0 Å². The Kier molecular flexibility index (Phi) is 8.89. The Labute approximate surface area is 152 Å². The van der Waals surface area contributed by atoms with Gasteiger partial charge < -0.3 is 4.74 Å². The molecule has 1 aliphatic heterocycles. The lowest BCUT2D eigenvalue weighted by Gasteiger charge is -2.26. The zero-order valence-corrected chi connectivity index (χ0v) is 16.2. The van der Waals surface area contributed by atoms with Gasteiger partial charge in [-0.15, -0.1) is 0 Å². The van der Waals surface area contributed by atoms with Gasteiger partial charge in [-0.25, -0.2) is 13.1 Å². The van der Waals surface area contributed by atoms with Crippen LogP contribution in [0.5, 0.6) is 0 Å². The monoisotopic (exact) mass is 368 g/mol. The second-order valence-corrected chi connectivity index (χ2v) is 8.43. The summed E-state index contributed by atoms with van der Waals surface area (Å²) in [5.41, 5.74) is 1.21. The molecule has 0 bridgehead atoms. The van der Waals surface area contributed by atoms with Crippen LogP contribution in [0.15, 0.2) is 29.2 Å². The first-order valence-electron chi connectivity index (χ1n) is 9.50. The number of nitrogens with one attached hydrogen (secondary N) is 1.